The number of hydrogen-bond acceptors (Lipinski definition) is 11. The average Bonchev–Trinajstić information content (AvgIpc) is 0.748. The summed E-state index contributed by atoms with van der Waals surface area (Å²) in [4.78, 5) is 65.8. The number of hydrogen-bond donors (Lipinski definition) is 0. The van der Waals surface area contributed by atoms with Gasteiger partial charge in [-0.2, -0.15) is 0 Å². The van der Waals surface area contributed by atoms with Gasteiger partial charge < -0.3 is 23.7 Å². The molecule has 11 nitrogen and oxygen atoms in total. The van der Waals surface area contributed by atoms with E-state index in [1.54, 1.807) is 26.8 Å². The maximum absolute atomic E-state index is 12.0. The molecule has 0 fully saturated rings. The van der Waals surface area contributed by atoms with Gasteiger partial charge in [-0.3, -0.25) is 28.8 Å². The van der Waals surface area contributed by atoms with Gasteiger partial charge in [-0.1, -0.05) is 543 Å². The minimum atomic E-state index is -1.04. The minimum absolute atomic E-state index is 0.00614. The first-order valence-corrected chi connectivity index (χ1v) is 61.4. The Labute approximate surface area is 900 Å². The van der Waals surface area contributed by atoms with Crippen LogP contribution in [0.5, 0.6) is 0 Å². The number of fused-ring (bicyclic) bond motifs is 2. The summed E-state index contributed by atoms with van der Waals surface area (Å²) in [7, 11) is -2.02. The molecule has 0 radical (unpaired) electrons. The van der Waals surface area contributed by atoms with Crippen LogP contribution in [-0.2, 0) is 83.7 Å². The van der Waals surface area contributed by atoms with E-state index in [4.69, 9.17) is 23.7 Å². The van der Waals surface area contributed by atoms with E-state index >= 15 is 0 Å². The van der Waals surface area contributed by atoms with Crippen LogP contribution >= 0.6 is 0 Å². The first-order valence-electron chi connectivity index (χ1n) is 54.6. The van der Waals surface area contributed by atoms with E-state index in [9.17, 15) is 28.8 Å². The molecule has 0 spiro atoms. The lowest BCUT2D eigenvalue weighted by Gasteiger charge is -2.40. The van der Waals surface area contributed by atoms with Crippen molar-refractivity contribution >= 4 is 51.8 Å². The predicted octanol–water partition coefficient (Wildman–Crippen LogP) is 38.0. The number of rotatable bonds is 27. The number of Topliss-reactive ketones (excluding diaryl/α,β-unsaturated/α-hetero) is 1. The second-order valence-corrected chi connectivity index (χ2v) is 59.8. The van der Waals surface area contributed by atoms with Gasteiger partial charge in [0.1, 0.15) is 24.6 Å². The maximum Gasteiger partial charge on any atom is 0.309 e. The van der Waals surface area contributed by atoms with Gasteiger partial charge in [0.25, 0.3) is 0 Å². The first-order chi connectivity index (χ1) is 67.5. The third-order valence-electron chi connectivity index (χ3n) is 24.2. The smallest absolute Gasteiger partial charge is 0.309 e. The lowest BCUT2D eigenvalue weighted by Crippen LogP contribution is -2.39. The SMILES string of the molecule is C=CCCC(C)C.C=CCOC(=O)C(C)C.CC(=O)C(C)C.CC(C)C.CC(C)C(=O)OC(C)(C)C.CC(C)C(=O)OC1c2ccccc2Cc2ccccc21.CC(C)C(=O)OCC[Si](C)(C)C.CC(C)C(=O)OCc1ccccc1.CC(C)C(C)(C)C.CC(C)C(c1ccccc1)(c1ccccc1)c1ccccc1.CC(C)Cc1ccccc1.CC(C)[Si](C)(C)C(C)(C)C.CCC(C)C.Cc1ccc(CC(C)C)cc1. The summed E-state index contributed by atoms with van der Waals surface area (Å²) in [5.74, 6) is 4.89. The summed E-state index contributed by atoms with van der Waals surface area (Å²) in [5, 5.41) is 0.557. The molecule has 0 N–H and O–H groups in total. The van der Waals surface area contributed by atoms with Gasteiger partial charge >= 0.3 is 29.8 Å². The van der Waals surface area contributed by atoms with Crippen molar-refractivity contribution in [2.75, 3.05) is 13.2 Å². The number of benzene rings is 8. The van der Waals surface area contributed by atoms with Crippen LogP contribution in [0.3, 0.4) is 0 Å². The summed E-state index contributed by atoms with van der Waals surface area (Å²) in [5.41, 5.74) is 14.9. The molecule has 8 aromatic carbocycles. The fourth-order valence-corrected chi connectivity index (χ4v) is 14.5. The Morgan fingerprint density at radius 1 is 0.384 bits per heavy atom. The standard InChI is InChI=1S/C22H22.C18H18O2.C11H14O2.C11H16.C10H14.C9H20O2Si.C9H22Si.C8H16O2.C7H12O2.C7H16.C7H14.C5H10O.C5H12.C4H10/c1-18(2)22(19-12-6-3-7-13-19,20-14-8-4-9-15-20)21-16-10-5-11-17-21;1-12(2)18(19)20-17-15-9-5-3-7-13(15)11-14-8-4-6-10-16(14)17;1-9(2)11(12)13-8-10-6-4-3-5-7-10;1-9(2)8-11-6-4-10(3)5-7-11;1-9(2)8-10-6-4-3-5-7-10;1-8(2)9(10)11-6-7-12(3,4)5;1-8(2)10(6,7)9(3,4)5;1-6(2)7(9)10-8(3,4)5;1-4-5-9-7(8)6(2)3;1-6(2)7(3,4)5;1-4-5-6-7(2)3;1-4(2)5(3)6;1-4-5(2)3;1-4(2)3/h3-18H,1-2H3;3-10,12,17H,11H2,1-2H3;3-7,9H,8H2,1-2H3;4-7,9H,8H2,1-3H3;3-7,9H,8H2,1-2H3;8H,6-7H2,1-5H3;8H,1-7H3;6H,1-5H3;4,6H,1,5H2,2-3H3;6H,1-5H3;4,7H,1,5-6H2,2-3H3;4H,1-3H3;5H,4H2,1-3H3;4H,1-3H3. The fourth-order valence-electron chi connectivity index (χ4n) is 12.1. The van der Waals surface area contributed by atoms with Gasteiger partial charge in [-0.05, 0) is 169 Å². The third kappa shape index (κ3) is 72.1. The first kappa shape index (κ1) is 145. The second-order valence-electron chi connectivity index (χ2n) is 48.1. The highest BCUT2D eigenvalue weighted by molar-refractivity contribution is 6.81. The lowest BCUT2D eigenvalue weighted by atomic mass is 9.63. The number of carbonyl (C=O) groups excluding carboxylic acids is 6. The summed E-state index contributed by atoms with van der Waals surface area (Å²) in [6.45, 7) is 106. The van der Waals surface area contributed by atoms with Crippen LogP contribution in [0.1, 0.15) is 364 Å². The van der Waals surface area contributed by atoms with Crippen LogP contribution < -0.4 is 0 Å². The summed E-state index contributed by atoms with van der Waals surface area (Å²) in [6, 6.07) is 79.1. The minimum Gasteiger partial charge on any atom is -0.466 e. The van der Waals surface area contributed by atoms with Crippen molar-refractivity contribution in [1.29, 1.82) is 0 Å². The zero-order chi connectivity index (χ0) is 114. The van der Waals surface area contributed by atoms with E-state index in [1.807, 2.05) is 151 Å². The Kier molecular flexibility index (Phi) is 78.4. The summed E-state index contributed by atoms with van der Waals surface area (Å²) in [6.07, 6.45) is 10.3. The Bertz CT molecular complexity index is 4500. The zero-order valence-electron chi connectivity index (χ0n) is 102. The van der Waals surface area contributed by atoms with Gasteiger partial charge in [-0.15, -0.1) is 6.58 Å². The van der Waals surface area contributed by atoms with E-state index in [1.165, 1.54) is 70.2 Å². The van der Waals surface area contributed by atoms with E-state index in [0.717, 1.165) is 76.6 Å². The Morgan fingerprint density at radius 2 is 0.699 bits per heavy atom. The quantitative estimate of drug-likeness (QED) is 0.0159. The van der Waals surface area contributed by atoms with Crippen molar-refractivity contribution in [3.05, 3.63) is 311 Å². The summed E-state index contributed by atoms with van der Waals surface area (Å²) >= 11 is 0. The number of ketones is 1. The molecule has 0 saturated carbocycles. The molecule has 0 heterocycles. The van der Waals surface area contributed by atoms with Crippen molar-refractivity contribution in [3.8, 4) is 0 Å². The van der Waals surface area contributed by atoms with Gasteiger partial charge in [0.2, 0.25) is 0 Å². The van der Waals surface area contributed by atoms with E-state index in [0.29, 0.717) is 36.2 Å². The molecule has 822 valence electrons. The average molecular weight is 2050 g/mol. The van der Waals surface area contributed by atoms with E-state index in [2.05, 4.69) is 389 Å². The molecule has 9 rings (SSSR count). The fraction of sp³-hybridized carbons (Fsp3) is 0.564. The molecule has 0 amide bonds. The van der Waals surface area contributed by atoms with E-state index < -0.39 is 16.1 Å². The van der Waals surface area contributed by atoms with Crippen LogP contribution in [0.25, 0.3) is 0 Å². The van der Waals surface area contributed by atoms with Crippen LogP contribution in [0, 0.1) is 89.3 Å². The monoisotopic (exact) mass is 2050 g/mol. The van der Waals surface area contributed by atoms with Crippen molar-refractivity contribution in [1.82, 2.24) is 0 Å². The van der Waals surface area contributed by atoms with Crippen LogP contribution in [0.15, 0.2) is 250 Å². The highest BCUT2D eigenvalue weighted by Crippen LogP contribution is 2.46. The van der Waals surface area contributed by atoms with Crippen LogP contribution in [-0.4, -0.2) is 70.6 Å². The Balaban J connectivity index is -0.000000501. The molecule has 0 bridgehead atoms. The molecule has 13 heteroatoms. The van der Waals surface area contributed by atoms with Crippen molar-refractivity contribution in [2.24, 2.45) is 82.3 Å². The van der Waals surface area contributed by atoms with Gasteiger partial charge in [-0.25, -0.2) is 0 Å². The molecule has 146 heavy (non-hydrogen) atoms. The molecule has 0 aliphatic heterocycles. The van der Waals surface area contributed by atoms with Crippen molar-refractivity contribution < 1.29 is 52.5 Å². The zero-order valence-corrected chi connectivity index (χ0v) is 104. The number of allylic oxidation sites excluding steroid dienone is 1. The molecule has 8 aromatic rings. The Morgan fingerprint density at radius 3 is 0.952 bits per heavy atom. The summed E-state index contributed by atoms with van der Waals surface area (Å²) < 4.78 is 25.6. The lowest BCUT2D eigenvalue weighted by molar-refractivity contribution is -0.158. The molecule has 0 unspecified atom stereocenters. The normalized spacial score (nSPS) is 11.4. The number of aryl methyl sites for hydroxylation is 1. The maximum atomic E-state index is 12.0. The largest absolute Gasteiger partial charge is 0.466 e. The third-order valence-corrected chi connectivity index (χ3v) is 32.7. The predicted molar refractivity (Wildman–Crippen MR) is 641 cm³/mol. The van der Waals surface area contributed by atoms with Crippen LogP contribution in [0.2, 0.25) is 49.4 Å². The number of ether oxygens (including phenoxy) is 5. The molecule has 1 aliphatic carbocycles. The number of carbonyl (C=O) groups is 6. The molecule has 0 atom stereocenters. The molecule has 0 saturated heterocycles. The van der Waals surface area contributed by atoms with Crippen LogP contribution in [0.4, 0.5) is 0 Å². The number of esters is 5. The van der Waals surface area contributed by atoms with Gasteiger partial charge in [0.05, 0.1) is 44.3 Å². The highest BCUT2D eigenvalue weighted by atomic mass is 28.3. The van der Waals surface area contributed by atoms with Crippen molar-refractivity contribution in [2.45, 2.75) is 395 Å². The molecular formula is C133H216O11Si2. The second kappa shape index (κ2) is 78.9. The highest BCUT2D eigenvalue weighted by Gasteiger charge is 2.40. The van der Waals surface area contributed by atoms with Gasteiger partial charge in [0, 0.05) is 30.5 Å². The van der Waals surface area contributed by atoms with Crippen molar-refractivity contribution in [3.63, 3.8) is 0 Å². The topological polar surface area (TPSA) is 149 Å². The molecular weight excluding hydrogens is 1830 g/mol. The molecule has 0 aromatic heterocycles. The van der Waals surface area contributed by atoms with E-state index in [-0.39, 0.29) is 88.3 Å². The molecule has 1 aliphatic rings. The Hall–Kier alpha value is -9.31. The van der Waals surface area contributed by atoms with Gasteiger partial charge in [0.15, 0.2) is 6.10 Å².